The van der Waals surface area contributed by atoms with E-state index in [-0.39, 0.29) is 39.2 Å². The molecule has 4 N–H and O–H groups in total. The van der Waals surface area contributed by atoms with Crippen LogP contribution in [-0.4, -0.2) is 56.9 Å². The molecule has 0 amide bonds. The van der Waals surface area contributed by atoms with Gasteiger partial charge in [-0.25, -0.2) is 0 Å². The average Bonchev–Trinajstić information content (AvgIpc) is 3.14. The zero-order chi connectivity index (χ0) is 19.2. The van der Waals surface area contributed by atoms with Gasteiger partial charge in [0.2, 0.25) is 5.95 Å². The minimum absolute atomic E-state index is 0.0469. The van der Waals surface area contributed by atoms with Gasteiger partial charge in [-0.3, -0.25) is 19.1 Å². The van der Waals surface area contributed by atoms with Gasteiger partial charge >= 0.3 is 4.87 Å². The summed E-state index contributed by atoms with van der Waals surface area (Å²) in [7, 11) is 3.92. The van der Waals surface area contributed by atoms with E-state index in [2.05, 4.69) is 21.8 Å². The SMILES string of the molecule is CCC(O)[C@@H]1C[C@@H](C(C)N(C)C)[C@H](n2c(=O)sc3c(=O)[nH]c(N)nc32)O1. The van der Waals surface area contributed by atoms with Crippen LogP contribution in [0.1, 0.15) is 32.9 Å². The number of ether oxygens (including phenoxy) is 1. The molecular weight excluding hydrogens is 358 g/mol. The fourth-order valence-corrected chi connectivity index (χ4v) is 4.31. The Hall–Kier alpha value is -1.75. The van der Waals surface area contributed by atoms with Gasteiger partial charge in [0.15, 0.2) is 5.65 Å². The predicted octanol–water partition coefficient (Wildman–Crippen LogP) is 0.353. The number of aromatic amines is 1. The highest BCUT2D eigenvalue weighted by molar-refractivity contribution is 7.16. The summed E-state index contributed by atoms with van der Waals surface area (Å²) in [5, 5.41) is 10.3. The van der Waals surface area contributed by atoms with E-state index in [1.807, 2.05) is 21.0 Å². The largest absolute Gasteiger partial charge is 0.390 e. The molecule has 3 rings (SSSR count). The molecule has 144 valence electrons. The number of rotatable bonds is 5. The first kappa shape index (κ1) is 19.0. The van der Waals surface area contributed by atoms with E-state index < -0.39 is 17.9 Å². The molecule has 0 aliphatic carbocycles. The lowest BCUT2D eigenvalue weighted by molar-refractivity contribution is -0.0693. The number of H-pyrrole nitrogens is 1. The van der Waals surface area contributed by atoms with Crippen LogP contribution in [0.2, 0.25) is 0 Å². The molecule has 0 spiro atoms. The molecule has 1 aliphatic rings. The highest BCUT2D eigenvalue weighted by Crippen LogP contribution is 2.40. The van der Waals surface area contributed by atoms with Crippen molar-refractivity contribution in [3.63, 3.8) is 0 Å². The second kappa shape index (κ2) is 7.10. The van der Waals surface area contributed by atoms with Gasteiger partial charge in [-0.05, 0) is 33.9 Å². The molecule has 9 nitrogen and oxygen atoms in total. The standard InChI is InChI=1S/C16H25N5O4S/c1-5-9(22)10-6-8(7(2)20(3)4)14(25-10)21-12-11(26-16(21)24)13(23)19-15(17)18-12/h7-10,14,22H,5-6H2,1-4H3,(H3,17,18,19,23)/t7?,8-,9?,10-,14+/m0/s1. The quantitative estimate of drug-likeness (QED) is 0.680. The summed E-state index contributed by atoms with van der Waals surface area (Å²) in [5.41, 5.74) is 5.47. The van der Waals surface area contributed by atoms with Crippen molar-refractivity contribution in [2.24, 2.45) is 5.92 Å². The van der Waals surface area contributed by atoms with Crippen molar-refractivity contribution >= 4 is 27.6 Å². The number of aliphatic hydroxyl groups excluding tert-OH is 1. The predicted molar refractivity (Wildman–Crippen MR) is 100 cm³/mol. The van der Waals surface area contributed by atoms with Crippen molar-refractivity contribution < 1.29 is 9.84 Å². The molecule has 5 atom stereocenters. The Morgan fingerprint density at radius 1 is 1.50 bits per heavy atom. The molecular formula is C16H25N5O4S. The molecule has 2 unspecified atom stereocenters. The van der Waals surface area contributed by atoms with Crippen molar-refractivity contribution in [2.45, 2.75) is 51.2 Å². The number of fused-ring (bicyclic) bond motifs is 1. The highest BCUT2D eigenvalue weighted by atomic mass is 32.1. The van der Waals surface area contributed by atoms with E-state index in [9.17, 15) is 14.7 Å². The summed E-state index contributed by atoms with van der Waals surface area (Å²) in [4.78, 5) is 33.1. The number of aliphatic hydroxyl groups is 1. The molecule has 1 fully saturated rings. The van der Waals surface area contributed by atoms with Gasteiger partial charge in [0, 0.05) is 12.0 Å². The van der Waals surface area contributed by atoms with Gasteiger partial charge < -0.3 is 20.5 Å². The van der Waals surface area contributed by atoms with Crippen LogP contribution in [0.4, 0.5) is 5.95 Å². The Morgan fingerprint density at radius 3 is 2.81 bits per heavy atom. The second-order valence-corrected chi connectivity index (χ2v) is 7.95. The lowest BCUT2D eigenvalue weighted by Crippen LogP contribution is -2.37. The number of nitrogens with two attached hydrogens (primary N) is 1. The van der Waals surface area contributed by atoms with Gasteiger partial charge in [-0.1, -0.05) is 18.3 Å². The molecule has 3 heterocycles. The highest BCUT2D eigenvalue weighted by Gasteiger charge is 2.44. The fourth-order valence-electron chi connectivity index (χ4n) is 3.47. The topological polar surface area (TPSA) is 126 Å². The summed E-state index contributed by atoms with van der Waals surface area (Å²) in [6.45, 7) is 3.94. The number of anilines is 1. The Balaban J connectivity index is 2.13. The minimum atomic E-state index is -0.617. The van der Waals surface area contributed by atoms with Crippen molar-refractivity contribution in [2.75, 3.05) is 19.8 Å². The van der Waals surface area contributed by atoms with Crippen molar-refractivity contribution in [1.82, 2.24) is 19.4 Å². The second-order valence-electron chi connectivity index (χ2n) is 6.99. The van der Waals surface area contributed by atoms with Gasteiger partial charge in [0.25, 0.3) is 5.56 Å². The van der Waals surface area contributed by atoms with Crippen LogP contribution < -0.4 is 16.2 Å². The maximum Gasteiger partial charge on any atom is 0.311 e. The normalized spacial score (nSPS) is 25.8. The maximum atomic E-state index is 12.7. The van der Waals surface area contributed by atoms with Crippen LogP contribution in [0.3, 0.4) is 0 Å². The van der Waals surface area contributed by atoms with Crippen LogP contribution in [0.5, 0.6) is 0 Å². The van der Waals surface area contributed by atoms with E-state index >= 15 is 0 Å². The molecule has 1 saturated heterocycles. The molecule has 26 heavy (non-hydrogen) atoms. The van der Waals surface area contributed by atoms with E-state index in [0.29, 0.717) is 12.8 Å². The molecule has 0 aromatic carbocycles. The zero-order valence-corrected chi connectivity index (χ0v) is 16.1. The average molecular weight is 383 g/mol. The number of aromatic nitrogens is 3. The van der Waals surface area contributed by atoms with Crippen LogP contribution in [0.25, 0.3) is 10.3 Å². The minimum Gasteiger partial charge on any atom is -0.390 e. The van der Waals surface area contributed by atoms with Gasteiger partial charge in [0.1, 0.15) is 10.9 Å². The van der Waals surface area contributed by atoms with Gasteiger partial charge in [-0.2, -0.15) is 4.98 Å². The number of thiazole rings is 1. The monoisotopic (exact) mass is 383 g/mol. The summed E-state index contributed by atoms with van der Waals surface area (Å²) in [5.74, 6) is -0.0941. The summed E-state index contributed by atoms with van der Waals surface area (Å²) in [6, 6.07) is 0.0928. The van der Waals surface area contributed by atoms with Gasteiger partial charge in [0.05, 0.1) is 12.2 Å². The van der Waals surface area contributed by atoms with Gasteiger partial charge in [-0.15, -0.1) is 0 Å². The van der Waals surface area contributed by atoms with E-state index in [4.69, 9.17) is 10.5 Å². The number of nitrogens with zero attached hydrogens (tertiary/aromatic N) is 3. The Kier molecular flexibility index (Phi) is 5.20. The molecule has 0 saturated carbocycles. The molecule has 10 heteroatoms. The van der Waals surface area contributed by atoms with Crippen molar-refractivity contribution in [3.05, 3.63) is 20.0 Å². The number of hydrogen-bond donors (Lipinski definition) is 3. The van der Waals surface area contributed by atoms with Crippen LogP contribution in [0.15, 0.2) is 9.59 Å². The Bertz CT molecular complexity index is 904. The molecule has 2 aromatic heterocycles. The Morgan fingerprint density at radius 2 is 2.19 bits per heavy atom. The van der Waals surface area contributed by atoms with Crippen molar-refractivity contribution in [1.29, 1.82) is 0 Å². The number of hydrogen-bond acceptors (Lipinski definition) is 8. The summed E-state index contributed by atoms with van der Waals surface area (Å²) >= 11 is 0.828. The van der Waals surface area contributed by atoms with E-state index in [1.165, 1.54) is 4.57 Å². The third kappa shape index (κ3) is 3.18. The first-order valence-electron chi connectivity index (χ1n) is 8.65. The van der Waals surface area contributed by atoms with E-state index in [1.54, 1.807) is 0 Å². The van der Waals surface area contributed by atoms with Crippen LogP contribution in [0, 0.1) is 5.92 Å². The van der Waals surface area contributed by atoms with Crippen LogP contribution in [-0.2, 0) is 4.74 Å². The lowest BCUT2D eigenvalue weighted by atomic mass is 9.92. The zero-order valence-electron chi connectivity index (χ0n) is 15.3. The molecule has 0 bridgehead atoms. The fraction of sp³-hybridized carbons (Fsp3) is 0.688. The Labute approximate surface area is 154 Å². The van der Waals surface area contributed by atoms with Crippen LogP contribution >= 0.6 is 11.3 Å². The first-order valence-corrected chi connectivity index (χ1v) is 9.47. The smallest absolute Gasteiger partial charge is 0.311 e. The van der Waals surface area contributed by atoms with Crippen molar-refractivity contribution in [3.8, 4) is 0 Å². The summed E-state index contributed by atoms with van der Waals surface area (Å²) in [6.07, 6.45) is -0.433. The summed E-state index contributed by atoms with van der Waals surface area (Å²) < 4.78 is 7.75. The molecule has 2 aromatic rings. The third-order valence-electron chi connectivity index (χ3n) is 5.21. The molecule has 0 radical (unpaired) electrons. The maximum absolute atomic E-state index is 12.7. The lowest BCUT2D eigenvalue weighted by Gasteiger charge is -2.29. The molecule has 1 aliphatic heterocycles. The number of nitrogen functional groups attached to an aromatic ring is 1. The van der Waals surface area contributed by atoms with E-state index in [0.717, 1.165) is 11.3 Å². The first-order chi connectivity index (χ1) is 12.2. The number of nitrogens with one attached hydrogen (secondary N) is 1. The third-order valence-corrected chi connectivity index (χ3v) is 6.16.